The first-order valence-corrected chi connectivity index (χ1v) is 7.86. The van der Waals surface area contributed by atoms with Gasteiger partial charge in [0.2, 0.25) is 0 Å². The molecule has 5 heteroatoms. The van der Waals surface area contributed by atoms with Crippen LogP contribution in [-0.2, 0) is 14.2 Å². The smallest absolute Gasteiger partial charge is 0.342 e. The van der Waals surface area contributed by atoms with Gasteiger partial charge in [-0.2, -0.15) is 0 Å². The predicted molar refractivity (Wildman–Crippen MR) is 85.4 cm³/mol. The Morgan fingerprint density at radius 1 is 1.17 bits per heavy atom. The number of hydrogen-bond acceptors (Lipinski definition) is 5. The van der Waals surface area contributed by atoms with Crippen LogP contribution in [0.5, 0.6) is 5.75 Å². The van der Waals surface area contributed by atoms with Crippen molar-refractivity contribution in [3.05, 3.63) is 42.0 Å². The van der Waals surface area contributed by atoms with Gasteiger partial charge in [-0.1, -0.05) is 24.3 Å². The molecule has 1 aliphatic heterocycles. The van der Waals surface area contributed by atoms with E-state index in [-0.39, 0.29) is 30.8 Å². The van der Waals surface area contributed by atoms with Crippen LogP contribution in [-0.4, -0.2) is 37.2 Å². The van der Waals surface area contributed by atoms with Crippen molar-refractivity contribution in [1.82, 2.24) is 0 Å². The van der Waals surface area contributed by atoms with E-state index < -0.39 is 5.97 Å². The zero-order valence-electron chi connectivity index (χ0n) is 12.9. The number of benzene rings is 2. The summed E-state index contributed by atoms with van der Waals surface area (Å²) in [6.45, 7) is 1.13. The van der Waals surface area contributed by atoms with E-state index in [0.29, 0.717) is 0 Å². The number of phenols is 1. The molecule has 0 radical (unpaired) electrons. The number of esters is 1. The standard InChI is InChI=1S/C18H20O5/c19-16-12-14-6-2-1-5-13(14)11-15(16)18(20)23-10-9-22-17-7-3-4-8-21-17/h1-2,5-6,11-12,17,19H,3-4,7-10H2. The largest absolute Gasteiger partial charge is 0.507 e. The number of hydrogen-bond donors (Lipinski definition) is 1. The molecule has 23 heavy (non-hydrogen) atoms. The summed E-state index contributed by atoms with van der Waals surface area (Å²) in [5.41, 5.74) is 0.164. The molecule has 0 amide bonds. The minimum absolute atomic E-state index is 0.0785. The summed E-state index contributed by atoms with van der Waals surface area (Å²) in [4.78, 5) is 12.1. The Balaban J connectivity index is 1.54. The SMILES string of the molecule is O=C(OCCOC1CCCCO1)c1cc2ccccc2cc1O. The maximum absolute atomic E-state index is 12.1. The molecule has 2 aromatic carbocycles. The van der Waals surface area contributed by atoms with Crippen LogP contribution >= 0.6 is 0 Å². The van der Waals surface area contributed by atoms with Crippen molar-refractivity contribution in [3.63, 3.8) is 0 Å². The molecule has 1 unspecified atom stereocenters. The number of carbonyl (C=O) groups is 1. The van der Waals surface area contributed by atoms with Crippen molar-refractivity contribution in [3.8, 4) is 5.75 Å². The van der Waals surface area contributed by atoms with Gasteiger partial charge < -0.3 is 19.3 Å². The van der Waals surface area contributed by atoms with Crippen molar-refractivity contribution < 1.29 is 24.1 Å². The van der Waals surface area contributed by atoms with Gasteiger partial charge in [-0.05, 0) is 42.2 Å². The second kappa shape index (κ2) is 7.44. The summed E-state index contributed by atoms with van der Waals surface area (Å²) >= 11 is 0. The molecule has 0 saturated carbocycles. The topological polar surface area (TPSA) is 65.0 Å². The molecular weight excluding hydrogens is 296 g/mol. The highest BCUT2D eigenvalue weighted by molar-refractivity contribution is 5.98. The van der Waals surface area contributed by atoms with Crippen molar-refractivity contribution >= 4 is 16.7 Å². The summed E-state index contributed by atoms with van der Waals surface area (Å²) in [6, 6.07) is 10.7. The van der Waals surface area contributed by atoms with Crippen molar-refractivity contribution in [2.45, 2.75) is 25.6 Å². The summed E-state index contributed by atoms with van der Waals surface area (Å²) in [7, 11) is 0. The van der Waals surface area contributed by atoms with E-state index in [1.54, 1.807) is 12.1 Å². The molecule has 0 aliphatic carbocycles. The van der Waals surface area contributed by atoms with Gasteiger partial charge in [0.25, 0.3) is 0 Å². The van der Waals surface area contributed by atoms with Crippen LogP contribution in [0, 0.1) is 0 Å². The molecule has 3 rings (SSSR count). The Hall–Kier alpha value is -2.11. The van der Waals surface area contributed by atoms with E-state index in [4.69, 9.17) is 14.2 Å². The lowest BCUT2D eigenvalue weighted by molar-refractivity contribution is -0.166. The molecule has 1 atom stereocenters. The highest BCUT2D eigenvalue weighted by Crippen LogP contribution is 2.25. The lowest BCUT2D eigenvalue weighted by Crippen LogP contribution is -2.24. The zero-order chi connectivity index (χ0) is 16.1. The Morgan fingerprint density at radius 2 is 1.96 bits per heavy atom. The lowest BCUT2D eigenvalue weighted by atomic mass is 10.1. The fourth-order valence-electron chi connectivity index (χ4n) is 2.63. The van der Waals surface area contributed by atoms with Crippen molar-refractivity contribution in [2.75, 3.05) is 19.8 Å². The molecular formula is C18H20O5. The zero-order valence-corrected chi connectivity index (χ0v) is 12.9. The molecule has 1 N–H and O–H groups in total. The minimum atomic E-state index is -0.554. The molecule has 0 bridgehead atoms. The van der Waals surface area contributed by atoms with Gasteiger partial charge in [-0.3, -0.25) is 0 Å². The average molecular weight is 316 g/mol. The average Bonchev–Trinajstić information content (AvgIpc) is 2.59. The molecule has 1 fully saturated rings. The number of carbonyl (C=O) groups excluding carboxylic acids is 1. The Labute approximate surface area is 134 Å². The highest BCUT2D eigenvalue weighted by atomic mass is 16.7. The van der Waals surface area contributed by atoms with Gasteiger partial charge in [-0.25, -0.2) is 4.79 Å². The van der Waals surface area contributed by atoms with Crippen LogP contribution in [0.4, 0.5) is 0 Å². The third-order valence-electron chi connectivity index (χ3n) is 3.84. The number of ether oxygens (including phenoxy) is 3. The monoisotopic (exact) mass is 316 g/mol. The second-order valence-electron chi connectivity index (χ2n) is 5.52. The summed E-state index contributed by atoms with van der Waals surface area (Å²) in [6.07, 6.45) is 2.83. The first-order valence-electron chi connectivity index (χ1n) is 7.86. The van der Waals surface area contributed by atoms with E-state index in [2.05, 4.69) is 0 Å². The molecule has 2 aromatic rings. The van der Waals surface area contributed by atoms with Crippen LogP contribution in [0.2, 0.25) is 0 Å². The highest BCUT2D eigenvalue weighted by Gasteiger charge is 2.16. The van der Waals surface area contributed by atoms with Crippen LogP contribution in [0.3, 0.4) is 0 Å². The maximum atomic E-state index is 12.1. The maximum Gasteiger partial charge on any atom is 0.342 e. The number of aromatic hydroxyl groups is 1. The van der Waals surface area contributed by atoms with Gasteiger partial charge in [0, 0.05) is 6.61 Å². The third-order valence-corrected chi connectivity index (χ3v) is 3.84. The van der Waals surface area contributed by atoms with E-state index in [0.717, 1.165) is 36.6 Å². The summed E-state index contributed by atoms with van der Waals surface area (Å²) in [5, 5.41) is 11.7. The van der Waals surface area contributed by atoms with Gasteiger partial charge in [0.1, 0.15) is 17.9 Å². The molecule has 5 nitrogen and oxygen atoms in total. The minimum Gasteiger partial charge on any atom is -0.507 e. The van der Waals surface area contributed by atoms with E-state index in [1.807, 2.05) is 24.3 Å². The fraction of sp³-hybridized carbons (Fsp3) is 0.389. The normalized spacial score (nSPS) is 18.0. The second-order valence-corrected chi connectivity index (χ2v) is 5.52. The molecule has 0 aromatic heterocycles. The number of phenolic OH excluding ortho intramolecular Hbond substituents is 1. The third kappa shape index (κ3) is 4.00. The van der Waals surface area contributed by atoms with Crippen molar-refractivity contribution in [2.24, 2.45) is 0 Å². The fourth-order valence-corrected chi connectivity index (χ4v) is 2.63. The van der Waals surface area contributed by atoms with Gasteiger partial charge in [0.15, 0.2) is 6.29 Å². The molecule has 0 spiro atoms. The summed E-state index contributed by atoms with van der Waals surface area (Å²) < 4.78 is 16.1. The number of fused-ring (bicyclic) bond motifs is 1. The molecule has 122 valence electrons. The van der Waals surface area contributed by atoms with E-state index in [1.165, 1.54) is 0 Å². The molecule has 1 aliphatic rings. The summed E-state index contributed by atoms with van der Waals surface area (Å²) in [5.74, 6) is -0.633. The lowest BCUT2D eigenvalue weighted by Gasteiger charge is -2.22. The Kier molecular flexibility index (Phi) is 5.10. The van der Waals surface area contributed by atoms with Crippen molar-refractivity contribution in [1.29, 1.82) is 0 Å². The predicted octanol–water partition coefficient (Wildman–Crippen LogP) is 3.25. The van der Waals surface area contributed by atoms with Crippen LogP contribution in [0.15, 0.2) is 36.4 Å². The Bertz CT molecular complexity index is 676. The van der Waals surface area contributed by atoms with Gasteiger partial charge in [0.05, 0.1) is 6.61 Å². The molecule has 1 heterocycles. The van der Waals surface area contributed by atoms with Gasteiger partial charge >= 0.3 is 5.97 Å². The van der Waals surface area contributed by atoms with Crippen LogP contribution in [0.1, 0.15) is 29.6 Å². The van der Waals surface area contributed by atoms with E-state index >= 15 is 0 Å². The first-order chi connectivity index (χ1) is 11.2. The first kappa shape index (κ1) is 15.8. The van der Waals surface area contributed by atoms with Crippen LogP contribution < -0.4 is 0 Å². The Morgan fingerprint density at radius 3 is 2.70 bits per heavy atom. The van der Waals surface area contributed by atoms with Crippen LogP contribution in [0.25, 0.3) is 10.8 Å². The quantitative estimate of drug-likeness (QED) is 0.677. The van der Waals surface area contributed by atoms with Gasteiger partial charge in [-0.15, -0.1) is 0 Å². The molecule has 1 saturated heterocycles. The van der Waals surface area contributed by atoms with E-state index in [9.17, 15) is 9.90 Å². The number of rotatable bonds is 5.